The fourth-order valence-corrected chi connectivity index (χ4v) is 2.86. The number of hydrogen-bond acceptors (Lipinski definition) is 6. The SMILES string of the molecule is O=C(OCc1cc(Cl)c2c(c1)OCCCO2)c1cc([N+](=O)[O-])ccc1Cl. The van der Waals surface area contributed by atoms with Gasteiger partial charge in [0.25, 0.3) is 5.69 Å². The van der Waals surface area contributed by atoms with E-state index in [0.29, 0.717) is 35.3 Å². The first-order valence-corrected chi connectivity index (χ1v) is 8.40. The highest BCUT2D eigenvalue weighted by Gasteiger charge is 2.19. The molecule has 0 bridgehead atoms. The van der Waals surface area contributed by atoms with Gasteiger partial charge in [0.15, 0.2) is 11.5 Å². The van der Waals surface area contributed by atoms with Crippen LogP contribution in [0, 0.1) is 10.1 Å². The number of carbonyl (C=O) groups is 1. The summed E-state index contributed by atoms with van der Waals surface area (Å²) in [6.45, 7) is 0.899. The van der Waals surface area contributed by atoms with Gasteiger partial charge in [0, 0.05) is 18.6 Å². The maximum Gasteiger partial charge on any atom is 0.340 e. The number of nitro benzene ring substituents is 1. The standard InChI is InChI=1S/C17H13Cl2NO6/c18-13-3-2-11(20(22)23)8-12(13)17(21)26-9-10-6-14(19)16-15(7-10)24-4-1-5-25-16/h2-3,6-8H,1,4-5,9H2. The lowest BCUT2D eigenvalue weighted by molar-refractivity contribution is -0.384. The molecule has 3 rings (SSSR count). The number of hydrogen-bond donors (Lipinski definition) is 0. The molecule has 0 aliphatic carbocycles. The summed E-state index contributed by atoms with van der Waals surface area (Å²) in [5.74, 6) is 0.164. The first-order valence-electron chi connectivity index (χ1n) is 7.65. The number of carbonyl (C=O) groups excluding carboxylic acids is 1. The predicted molar refractivity (Wildman–Crippen MR) is 94.3 cm³/mol. The van der Waals surface area contributed by atoms with Gasteiger partial charge in [-0.3, -0.25) is 10.1 Å². The van der Waals surface area contributed by atoms with Crippen molar-refractivity contribution in [3.63, 3.8) is 0 Å². The minimum atomic E-state index is -0.776. The zero-order valence-corrected chi connectivity index (χ0v) is 14.9. The molecule has 2 aromatic carbocycles. The summed E-state index contributed by atoms with van der Waals surface area (Å²) < 4.78 is 16.3. The van der Waals surface area contributed by atoms with Crippen LogP contribution in [-0.2, 0) is 11.3 Å². The molecule has 0 amide bonds. The number of halogens is 2. The largest absolute Gasteiger partial charge is 0.489 e. The Hall–Kier alpha value is -2.51. The minimum absolute atomic E-state index is 0.0669. The molecule has 0 N–H and O–H groups in total. The summed E-state index contributed by atoms with van der Waals surface area (Å²) >= 11 is 12.1. The number of ether oxygens (including phenoxy) is 3. The Bertz CT molecular complexity index is 871. The van der Waals surface area contributed by atoms with Crippen LogP contribution in [0.1, 0.15) is 22.3 Å². The van der Waals surface area contributed by atoms with E-state index in [4.69, 9.17) is 37.4 Å². The van der Waals surface area contributed by atoms with E-state index in [0.717, 1.165) is 12.5 Å². The molecule has 1 heterocycles. The van der Waals surface area contributed by atoms with E-state index < -0.39 is 10.9 Å². The lowest BCUT2D eigenvalue weighted by Gasteiger charge is -2.12. The van der Waals surface area contributed by atoms with Crippen molar-refractivity contribution in [3.8, 4) is 11.5 Å². The number of nitrogens with zero attached hydrogens (tertiary/aromatic N) is 1. The Labute approximate surface area is 158 Å². The molecule has 26 heavy (non-hydrogen) atoms. The van der Waals surface area contributed by atoms with Gasteiger partial charge in [-0.15, -0.1) is 0 Å². The molecule has 0 fully saturated rings. The Balaban J connectivity index is 1.76. The van der Waals surface area contributed by atoms with Gasteiger partial charge in [-0.05, 0) is 23.8 Å². The molecule has 0 saturated carbocycles. The Morgan fingerprint density at radius 2 is 1.92 bits per heavy atom. The normalized spacial score (nSPS) is 13.0. The average Bonchev–Trinajstić information content (AvgIpc) is 2.85. The lowest BCUT2D eigenvalue weighted by atomic mass is 10.2. The second kappa shape index (κ2) is 7.80. The van der Waals surface area contributed by atoms with Crippen molar-refractivity contribution in [1.82, 2.24) is 0 Å². The van der Waals surface area contributed by atoms with Crippen LogP contribution in [0.2, 0.25) is 10.0 Å². The van der Waals surface area contributed by atoms with Crippen LogP contribution in [0.25, 0.3) is 0 Å². The minimum Gasteiger partial charge on any atom is -0.489 e. The van der Waals surface area contributed by atoms with Gasteiger partial charge in [0.2, 0.25) is 0 Å². The van der Waals surface area contributed by atoms with Crippen molar-refractivity contribution in [3.05, 3.63) is 61.6 Å². The highest BCUT2D eigenvalue weighted by molar-refractivity contribution is 6.33. The van der Waals surface area contributed by atoms with Crippen LogP contribution in [-0.4, -0.2) is 24.1 Å². The number of nitro groups is 1. The quantitative estimate of drug-likeness (QED) is 0.431. The fraction of sp³-hybridized carbons (Fsp3) is 0.235. The van der Waals surface area contributed by atoms with E-state index in [1.54, 1.807) is 12.1 Å². The molecule has 0 radical (unpaired) electrons. The highest BCUT2D eigenvalue weighted by atomic mass is 35.5. The van der Waals surface area contributed by atoms with Gasteiger partial charge in [-0.25, -0.2) is 4.79 Å². The first kappa shape index (κ1) is 18.3. The van der Waals surface area contributed by atoms with E-state index in [1.165, 1.54) is 12.1 Å². The molecule has 2 aromatic rings. The van der Waals surface area contributed by atoms with Crippen molar-refractivity contribution >= 4 is 34.9 Å². The average molecular weight is 398 g/mol. The third-order valence-corrected chi connectivity index (χ3v) is 4.22. The molecule has 9 heteroatoms. The van der Waals surface area contributed by atoms with Crippen LogP contribution in [0.4, 0.5) is 5.69 Å². The summed E-state index contributed by atoms with van der Waals surface area (Å²) in [7, 11) is 0. The number of esters is 1. The van der Waals surface area contributed by atoms with Gasteiger partial charge < -0.3 is 14.2 Å². The smallest absolute Gasteiger partial charge is 0.340 e. The Kier molecular flexibility index (Phi) is 5.49. The van der Waals surface area contributed by atoms with Gasteiger partial charge in [-0.1, -0.05) is 23.2 Å². The van der Waals surface area contributed by atoms with Crippen molar-refractivity contribution in [2.75, 3.05) is 13.2 Å². The first-order chi connectivity index (χ1) is 12.5. The number of fused-ring (bicyclic) bond motifs is 1. The highest BCUT2D eigenvalue weighted by Crippen LogP contribution is 2.38. The summed E-state index contributed by atoms with van der Waals surface area (Å²) in [6.07, 6.45) is 0.737. The second-order valence-corrected chi connectivity index (χ2v) is 6.27. The van der Waals surface area contributed by atoms with E-state index in [1.807, 2.05) is 0 Å². The van der Waals surface area contributed by atoms with Gasteiger partial charge in [0.05, 0.1) is 33.7 Å². The van der Waals surface area contributed by atoms with Crippen molar-refractivity contribution in [2.24, 2.45) is 0 Å². The molecule has 0 spiro atoms. The van der Waals surface area contributed by atoms with E-state index in [9.17, 15) is 14.9 Å². The topological polar surface area (TPSA) is 87.9 Å². The van der Waals surface area contributed by atoms with Crippen LogP contribution >= 0.6 is 23.2 Å². The van der Waals surface area contributed by atoms with Crippen LogP contribution in [0.3, 0.4) is 0 Å². The van der Waals surface area contributed by atoms with Crippen LogP contribution < -0.4 is 9.47 Å². The zero-order chi connectivity index (χ0) is 18.7. The monoisotopic (exact) mass is 397 g/mol. The molecule has 1 aliphatic heterocycles. The van der Waals surface area contributed by atoms with Gasteiger partial charge in [0.1, 0.15) is 6.61 Å². The summed E-state index contributed by atoms with van der Waals surface area (Å²) in [4.78, 5) is 22.4. The molecular formula is C17H13Cl2NO6. The molecule has 7 nitrogen and oxygen atoms in total. The summed E-state index contributed by atoms with van der Waals surface area (Å²) in [5.41, 5.74) is 0.260. The van der Waals surface area contributed by atoms with Gasteiger partial charge >= 0.3 is 5.97 Å². The maximum atomic E-state index is 12.2. The number of non-ortho nitro benzene ring substituents is 1. The van der Waals surface area contributed by atoms with Crippen LogP contribution in [0.5, 0.6) is 11.5 Å². The Morgan fingerprint density at radius 3 is 2.69 bits per heavy atom. The van der Waals surface area contributed by atoms with Gasteiger partial charge in [-0.2, -0.15) is 0 Å². The van der Waals surface area contributed by atoms with E-state index >= 15 is 0 Å². The van der Waals surface area contributed by atoms with Crippen molar-refractivity contribution < 1.29 is 23.9 Å². The maximum absolute atomic E-state index is 12.2. The predicted octanol–water partition coefficient (Wildman–Crippen LogP) is 4.42. The van der Waals surface area contributed by atoms with E-state index in [-0.39, 0.29) is 22.9 Å². The third kappa shape index (κ3) is 4.00. The summed E-state index contributed by atoms with van der Waals surface area (Å²) in [5, 5.41) is 11.3. The molecule has 0 saturated heterocycles. The number of benzene rings is 2. The molecule has 0 atom stereocenters. The second-order valence-electron chi connectivity index (χ2n) is 5.45. The van der Waals surface area contributed by atoms with Crippen molar-refractivity contribution in [1.29, 1.82) is 0 Å². The Morgan fingerprint density at radius 1 is 1.15 bits per heavy atom. The molecule has 0 unspecified atom stereocenters. The van der Waals surface area contributed by atoms with E-state index in [2.05, 4.69) is 0 Å². The molecule has 1 aliphatic rings. The molecule has 136 valence electrons. The third-order valence-electron chi connectivity index (χ3n) is 3.61. The lowest BCUT2D eigenvalue weighted by Crippen LogP contribution is -2.07. The fourth-order valence-electron chi connectivity index (χ4n) is 2.38. The zero-order valence-electron chi connectivity index (χ0n) is 13.4. The molecule has 0 aromatic heterocycles. The number of rotatable bonds is 4. The van der Waals surface area contributed by atoms with Crippen LogP contribution in [0.15, 0.2) is 30.3 Å². The summed E-state index contributed by atoms with van der Waals surface area (Å²) in [6, 6.07) is 6.85. The molecular weight excluding hydrogens is 385 g/mol. The van der Waals surface area contributed by atoms with Crippen molar-refractivity contribution in [2.45, 2.75) is 13.0 Å².